The van der Waals surface area contributed by atoms with Crippen LogP contribution in [0.25, 0.3) is 10.9 Å². The third-order valence-electron chi connectivity index (χ3n) is 2.95. The number of hydrogen-bond acceptors (Lipinski definition) is 3. The van der Waals surface area contributed by atoms with Crippen LogP contribution in [0.4, 0.5) is 5.69 Å². The molecule has 0 aliphatic rings. The van der Waals surface area contributed by atoms with Crippen molar-refractivity contribution in [3.63, 3.8) is 0 Å². The van der Waals surface area contributed by atoms with Crippen LogP contribution in [0.5, 0.6) is 0 Å². The van der Waals surface area contributed by atoms with Crippen LogP contribution in [0.3, 0.4) is 0 Å². The summed E-state index contributed by atoms with van der Waals surface area (Å²) in [6.07, 6.45) is 1.60. The van der Waals surface area contributed by atoms with E-state index in [2.05, 4.69) is 10.2 Å². The number of anilines is 1. The molecule has 4 nitrogen and oxygen atoms in total. The maximum absolute atomic E-state index is 12.4. The fourth-order valence-electron chi connectivity index (χ4n) is 1.99. The molecule has 3 aromatic rings. The minimum absolute atomic E-state index is 0.152. The molecule has 0 radical (unpaired) electrons. The average Bonchev–Trinajstić information content (AvgIpc) is 2.88. The molecule has 94 valence electrons. The molecule has 0 bridgehead atoms. The molecule has 0 unspecified atom stereocenters. The van der Waals surface area contributed by atoms with E-state index in [1.54, 1.807) is 42.6 Å². The van der Waals surface area contributed by atoms with Gasteiger partial charge in [-0.05, 0) is 24.3 Å². The number of carbonyl (C=O) groups excluding carboxylic acids is 1. The first kappa shape index (κ1) is 11.7. The second-order valence-electron chi connectivity index (χ2n) is 4.21. The smallest absolute Gasteiger partial charge is 0.194 e. The molecule has 0 fully saturated rings. The zero-order chi connectivity index (χ0) is 13.4. The Balaban J connectivity index is 2.13. The first-order valence-corrected chi connectivity index (χ1v) is 6.06. The van der Waals surface area contributed by atoms with Gasteiger partial charge in [-0.3, -0.25) is 9.89 Å². The van der Waals surface area contributed by atoms with E-state index in [0.717, 1.165) is 10.9 Å². The lowest BCUT2D eigenvalue weighted by molar-refractivity contribution is 0.103. The second kappa shape index (κ2) is 4.40. The second-order valence-corrected chi connectivity index (χ2v) is 4.59. The van der Waals surface area contributed by atoms with Gasteiger partial charge in [-0.15, -0.1) is 0 Å². The summed E-state index contributed by atoms with van der Waals surface area (Å²) in [5.41, 5.74) is 8.00. The van der Waals surface area contributed by atoms with E-state index in [9.17, 15) is 4.79 Å². The van der Waals surface area contributed by atoms with Gasteiger partial charge in [0, 0.05) is 22.2 Å². The summed E-state index contributed by atoms with van der Waals surface area (Å²) in [6, 6.07) is 10.3. The zero-order valence-corrected chi connectivity index (χ0v) is 10.6. The molecular formula is C14H10ClN3O. The van der Waals surface area contributed by atoms with Crippen LogP contribution >= 0.6 is 11.6 Å². The largest absolute Gasteiger partial charge is 0.399 e. The van der Waals surface area contributed by atoms with Crippen molar-refractivity contribution in [3.05, 3.63) is 58.7 Å². The Bertz CT molecular complexity index is 779. The summed E-state index contributed by atoms with van der Waals surface area (Å²) in [5.74, 6) is -0.152. The molecule has 2 aromatic carbocycles. The molecule has 0 spiro atoms. The predicted molar refractivity (Wildman–Crippen MR) is 75.4 cm³/mol. The number of carbonyl (C=O) groups is 1. The Kier molecular flexibility index (Phi) is 2.72. The molecule has 0 saturated heterocycles. The quantitative estimate of drug-likeness (QED) is 0.556. The molecule has 0 atom stereocenters. The number of nitrogens with zero attached hydrogens (tertiary/aromatic N) is 1. The molecule has 1 heterocycles. The van der Waals surface area contributed by atoms with Gasteiger partial charge in [0.2, 0.25) is 0 Å². The average molecular weight is 272 g/mol. The van der Waals surface area contributed by atoms with Crippen LogP contribution in [-0.4, -0.2) is 16.0 Å². The van der Waals surface area contributed by atoms with E-state index in [1.165, 1.54) is 0 Å². The minimum Gasteiger partial charge on any atom is -0.399 e. The zero-order valence-electron chi connectivity index (χ0n) is 9.85. The highest BCUT2D eigenvalue weighted by Crippen LogP contribution is 2.27. The molecule has 0 amide bonds. The van der Waals surface area contributed by atoms with Crippen LogP contribution in [0.2, 0.25) is 5.02 Å². The van der Waals surface area contributed by atoms with Gasteiger partial charge in [0.05, 0.1) is 16.7 Å². The lowest BCUT2D eigenvalue weighted by Crippen LogP contribution is -2.03. The minimum atomic E-state index is -0.152. The number of hydrogen-bond donors (Lipinski definition) is 2. The number of halogens is 1. The van der Waals surface area contributed by atoms with E-state index < -0.39 is 0 Å². The molecule has 0 aliphatic heterocycles. The maximum Gasteiger partial charge on any atom is 0.194 e. The maximum atomic E-state index is 12.4. The van der Waals surface area contributed by atoms with Crippen LogP contribution in [0.1, 0.15) is 15.9 Å². The Morgan fingerprint density at radius 2 is 2.11 bits per heavy atom. The van der Waals surface area contributed by atoms with Crippen molar-refractivity contribution in [3.8, 4) is 0 Å². The fraction of sp³-hybridized carbons (Fsp3) is 0. The highest BCUT2D eigenvalue weighted by atomic mass is 35.5. The van der Waals surface area contributed by atoms with Gasteiger partial charge in [-0.25, -0.2) is 0 Å². The lowest BCUT2D eigenvalue weighted by atomic mass is 10.0. The Hall–Kier alpha value is -2.33. The van der Waals surface area contributed by atoms with Crippen molar-refractivity contribution < 1.29 is 4.79 Å². The summed E-state index contributed by atoms with van der Waals surface area (Å²) in [6.45, 7) is 0. The van der Waals surface area contributed by atoms with E-state index in [1.807, 2.05) is 0 Å². The van der Waals surface area contributed by atoms with Gasteiger partial charge in [0.25, 0.3) is 0 Å². The summed E-state index contributed by atoms with van der Waals surface area (Å²) >= 11 is 6.26. The highest BCUT2D eigenvalue weighted by molar-refractivity contribution is 6.39. The number of nitrogen functional groups attached to an aromatic ring is 1. The summed E-state index contributed by atoms with van der Waals surface area (Å²) in [7, 11) is 0. The van der Waals surface area contributed by atoms with Crippen molar-refractivity contribution in [1.82, 2.24) is 10.2 Å². The summed E-state index contributed by atoms with van der Waals surface area (Å²) in [5, 5.41) is 7.85. The van der Waals surface area contributed by atoms with E-state index >= 15 is 0 Å². The topological polar surface area (TPSA) is 71.8 Å². The molecule has 0 aliphatic carbocycles. The van der Waals surface area contributed by atoms with Crippen molar-refractivity contribution in [1.29, 1.82) is 0 Å². The number of fused-ring (bicyclic) bond motifs is 1. The number of benzene rings is 2. The van der Waals surface area contributed by atoms with E-state index in [4.69, 9.17) is 17.3 Å². The van der Waals surface area contributed by atoms with Crippen molar-refractivity contribution in [2.75, 3.05) is 5.73 Å². The fourth-order valence-corrected chi connectivity index (χ4v) is 2.29. The first-order chi connectivity index (χ1) is 9.16. The number of ketones is 1. The number of H-pyrrole nitrogens is 1. The van der Waals surface area contributed by atoms with Crippen molar-refractivity contribution in [2.45, 2.75) is 0 Å². The molecule has 3 rings (SSSR count). The molecule has 3 N–H and O–H groups in total. The number of nitrogens with two attached hydrogens (primary N) is 1. The molecule has 1 aromatic heterocycles. The molecule has 5 heteroatoms. The van der Waals surface area contributed by atoms with Crippen molar-refractivity contribution in [2.24, 2.45) is 0 Å². The number of rotatable bonds is 2. The van der Waals surface area contributed by atoms with Gasteiger partial charge >= 0.3 is 0 Å². The Morgan fingerprint density at radius 3 is 2.89 bits per heavy atom. The van der Waals surface area contributed by atoms with Crippen LogP contribution in [0.15, 0.2) is 42.6 Å². The monoisotopic (exact) mass is 271 g/mol. The SMILES string of the molecule is Nc1cccc(C(=O)c2ccc3[nH]ncc3c2Cl)c1. The number of nitrogens with one attached hydrogen (secondary N) is 1. The van der Waals surface area contributed by atoms with Gasteiger partial charge in [0.15, 0.2) is 5.78 Å². The first-order valence-electron chi connectivity index (χ1n) is 5.68. The standard InChI is InChI=1S/C14H10ClN3O/c15-13-10(4-5-12-11(13)7-17-18-12)14(19)8-2-1-3-9(16)6-8/h1-7H,16H2,(H,17,18). The van der Waals surface area contributed by atoms with Crippen molar-refractivity contribution >= 4 is 34.0 Å². The normalized spacial score (nSPS) is 10.8. The van der Waals surface area contributed by atoms with Crippen LogP contribution in [-0.2, 0) is 0 Å². The van der Waals surface area contributed by atoms with Gasteiger partial charge < -0.3 is 5.73 Å². The Morgan fingerprint density at radius 1 is 1.26 bits per heavy atom. The van der Waals surface area contributed by atoms with Crippen LogP contribution < -0.4 is 5.73 Å². The third kappa shape index (κ3) is 1.96. The van der Waals surface area contributed by atoms with Gasteiger partial charge in [0.1, 0.15) is 0 Å². The lowest BCUT2D eigenvalue weighted by Gasteiger charge is -2.05. The van der Waals surface area contributed by atoms with Crippen LogP contribution in [0, 0.1) is 0 Å². The summed E-state index contributed by atoms with van der Waals surface area (Å²) in [4.78, 5) is 12.4. The third-order valence-corrected chi connectivity index (χ3v) is 3.36. The predicted octanol–water partition coefficient (Wildman–Crippen LogP) is 3.03. The number of aromatic amines is 1. The highest BCUT2D eigenvalue weighted by Gasteiger charge is 2.15. The van der Waals surface area contributed by atoms with E-state index in [-0.39, 0.29) is 5.78 Å². The molecule has 19 heavy (non-hydrogen) atoms. The van der Waals surface area contributed by atoms with E-state index in [0.29, 0.717) is 21.8 Å². The molecule has 0 saturated carbocycles. The molecular weight excluding hydrogens is 262 g/mol. The number of aromatic nitrogens is 2. The summed E-state index contributed by atoms with van der Waals surface area (Å²) < 4.78 is 0. The Labute approximate surface area is 114 Å². The van der Waals surface area contributed by atoms with Gasteiger partial charge in [-0.1, -0.05) is 23.7 Å². The van der Waals surface area contributed by atoms with Gasteiger partial charge in [-0.2, -0.15) is 5.10 Å².